The van der Waals surface area contributed by atoms with Crippen LogP contribution in [0.3, 0.4) is 0 Å². The Labute approximate surface area is 202 Å². The molecule has 0 aliphatic heterocycles. The van der Waals surface area contributed by atoms with E-state index >= 15 is 0 Å². The van der Waals surface area contributed by atoms with E-state index in [1.165, 1.54) is 10.9 Å². The summed E-state index contributed by atoms with van der Waals surface area (Å²) in [7, 11) is 1.68. The monoisotopic (exact) mass is 474 g/mol. The first kappa shape index (κ1) is 23.6. The molecule has 0 bridgehead atoms. The number of aromatic nitrogens is 2. The van der Waals surface area contributed by atoms with Gasteiger partial charge in [-0.2, -0.15) is 5.10 Å². The fourth-order valence-corrected chi connectivity index (χ4v) is 3.37. The number of hydrogen-bond acceptors (Lipinski definition) is 6. The molecule has 2 aromatic heterocycles. The lowest BCUT2D eigenvalue weighted by atomic mass is 10.1. The van der Waals surface area contributed by atoms with Gasteiger partial charge in [0, 0.05) is 18.8 Å². The molecule has 2 aromatic carbocycles. The molecule has 0 saturated heterocycles. The molecule has 0 spiro atoms. The maximum atomic E-state index is 12.9. The molecular formula is C26H26N4O5. The van der Waals surface area contributed by atoms with E-state index < -0.39 is 5.91 Å². The molecule has 0 saturated carbocycles. The molecule has 0 fully saturated rings. The van der Waals surface area contributed by atoms with Gasteiger partial charge in [0.05, 0.1) is 25.1 Å². The molecule has 9 nitrogen and oxygen atoms in total. The third-order valence-electron chi connectivity index (χ3n) is 5.02. The van der Waals surface area contributed by atoms with Crippen molar-refractivity contribution in [3.63, 3.8) is 0 Å². The zero-order valence-electron chi connectivity index (χ0n) is 19.5. The average Bonchev–Trinajstić information content (AvgIpc) is 3.52. The zero-order chi connectivity index (χ0) is 24.6. The SMILES string of the molecule is CCOc1ccc(OCc2cccc(C(=O)Nc3cn(C)nc3C(=O)NCc3ccco3)c2)cc1. The molecule has 4 rings (SSSR count). The standard InChI is InChI=1S/C26H26N4O5/c1-3-33-20-9-11-21(12-10-20)35-17-18-6-4-7-19(14-18)25(31)28-23-16-30(2)29-24(23)26(32)27-15-22-8-5-13-34-22/h4-14,16H,3,15,17H2,1-2H3,(H,27,32)(H,28,31). The van der Waals surface area contributed by atoms with E-state index in [0.29, 0.717) is 36.0 Å². The third kappa shape index (κ3) is 6.29. The Morgan fingerprint density at radius 3 is 2.49 bits per heavy atom. The predicted octanol–water partition coefficient (Wildman–Crippen LogP) is 4.17. The fourth-order valence-electron chi connectivity index (χ4n) is 3.37. The zero-order valence-corrected chi connectivity index (χ0v) is 19.5. The largest absolute Gasteiger partial charge is 0.494 e. The molecule has 2 N–H and O–H groups in total. The van der Waals surface area contributed by atoms with Crippen LogP contribution in [0.1, 0.15) is 39.1 Å². The van der Waals surface area contributed by atoms with Crippen LogP contribution in [0.15, 0.2) is 77.5 Å². The van der Waals surface area contributed by atoms with Gasteiger partial charge >= 0.3 is 0 Å². The molecular weight excluding hydrogens is 448 g/mol. The summed E-state index contributed by atoms with van der Waals surface area (Å²) >= 11 is 0. The molecule has 0 aliphatic rings. The highest BCUT2D eigenvalue weighted by molar-refractivity contribution is 6.08. The van der Waals surface area contributed by atoms with Gasteiger partial charge in [-0.15, -0.1) is 0 Å². The molecule has 2 amide bonds. The highest BCUT2D eigenvalue weighted by atomic mass is 16.5. The summed E-state index contributed by atoms with van der Waals surface area (Å²) in [6.45, 7) is 3.04. The summed E-state index contributed by atoms with van der Waals surface area (Å²) in [4.78, 5) is 25.5. The van der Waals surface area contributed by atoms with E-state index in [9.17, 15) is 9.59 Å². The number of hydrogen-bond donors (Lipinski definition) is 2. The summed E-state index contributed by atoms with van der Waals surface area (Å²) in [5, 5.41) is 9.70. The molecule has 0 aliphatic carbocycles. The van der Waals surface area contributed by atoms with Crippen molar-refractivity contribution in [2.24, 2.45) is 7.05 Å². The summed E-state index contributed by atoms with van der Waals surface area (Å²) in [5.41, 5.74) is 1.69. The van der Waals surface area contributed by atoms with Crippen LogP contribution < -0.4 is 20.1 Å². The van der Waals surface area contributed by atoms with Crippen LogP contribution in [0, 0.1) is 0 Å². The van der Waals surface area contributed by atoms with Crippen molar-refractivity contribution >= 4 is 17.5 Å². The Morgan fingerprint density at radius 2 is 1.77 bits per heavy atom. The highest BCUT2D eigenvalue weighted by Crippen LogP contribution is 2.20. The number of benzene rings is 2. The van der Waals surface area contributed by atoms with Gasteiger partial charge in [-0.1, -0.05) is 12.1 Å². The lowest BCUT2D eigenvalue weighted by Crippen LogP contribution is -2.25. The molecule has 180 valence electrons. The highest BCUT2D eigenvalue weighted by Gasteiger charge is 2.19. The second-order valence-corrected chi connectivity index (χ2v) is 7.67. The van der Waals surface area contributed by atoms with Crippen LogP contribution in [0.5, 0.6) is 11.5 Å². The number of rotatable bonds is 10. The molecule has 0 atom stereocenters. The van der Waals surface area contributed by atoms with Gasteiger partial charge in [-0.3, -0.25) is 14.3 Å². The van der Waals surface area contributed by atoms with Gasteiger partial charge in [0.2, 0.25) is 0 Å². The number of carbonyl (C=O) groups excluding carboxylic acids is 2. The van der Waals surface area contributed by atoms with Crippen molar-refractivity contribution in [1.29, 1.82) is 0 Å². The third-order valence-corrected chi connectivity index (χ3v) is 5.02. The minimum absolute atomic E-state index is 0.113. The van der Waals surface area contributed by atoms with E-state index in [-0.39, 0.29) is 18.1 Å². The van der Waals surface area contributed by atoms with E-state index in [2.05, 4.69) is 15.7 Å². The van der Waals surface area contributed by atoms with Crippen LogP contribution >= 0.6 is 0 Å². The molecule has 0 unspecified atom stereocenters. The van der Waals surface area contributed by atoms with Crippen molar-refractivity contribution in [3.05, 3.63) is 95.7 Å². The first-order valence-corrected chi connectivity index (χ1v) is 11.1. The topological polar surface area (TPSA) is 108 Å². The number of furan rings is 1. The van der Waals surface area contributed by atoms with Crippen molar-refractivity contribution in [1.82, 2.24) is 15.1 Å². The van der Waals surface area contributed by atoms with Crippen LogP contribution in [0.25, 0.3) is 0 Å². The van der Waals surface area contributed by atoms with E-state index in [0.717, 1.165) is 11.3 Å². The van der Waals surface area contributed by atoms with Gasteiger partial charge in [-0.25, -0.2) is 0 Å². The maximum absolute atomic E-state index is 12.9. The lowest BCUT2D eigenvalue weighted by Gasteiger charge is -2.10. The van der Waals surface area contributed by atoms with Gasteiger partial charge in [-0.05, 0) is 61.0 Å². The Morgan fingerprint density at radius 1 is 1.00 bits per heavy atom. The van der Waals surface area contributed by atoms with E-state index in [1.54, 1.807) is 43.6 Å². The number of anilines is 1. The van der Waals surface area contributed by atoms with Crippen molar-refractivity contribution in [2.75, 3.05) is 11.9 Å². The summed E-state index contributed by atoms with van der Waals surface area (Å²) in [5.74, 6) is 1.31. The van der Waals surface area contributed by atoms with E-state index in [1.807, 2.05) is 37.3 Å². The number of ether oxygens (including phenoxy) is 2. The van der Waals surface area contributed by atoms with Crippen molar-refractivity contribution in [3.8, 4) is 11.5 Å². The number of aryl methyl sites for hydroxylation is 1. The van der Waals surface area contributed by atoms with Crippen LogP contribution in [-0.4, -0.2) is 28.2 Å². The number of carbonyl (C=O) groups is 2. The first-order valence-electron chi connectivity index (χ1n) is 11.1. The van der Waals surface area contributed by atoms with Gasteiger partial charge < -0.3 is 24.5 Å². The smallest absolute Gasteiger partial charge is 0.274 e. The van der Waals surface area contributed by atoms with Gasteiger partial charge in [0.15, 0.2) is 5.69 Å². The quantitative estimate of drug-likeness (QED) is 0.357. The number of amides is 2. The first-order chi connectivity index (χ1) is 17.0. The minimum atomic E-state index is -0.421. The molecule has 2 heterocycles. The van der Waals surface area contributed by atoms with Gasteiger partial charge in [0.1, 0.15) is 23.9 Å². The Kier molecular flexibility index (Phi) is 7.47. The summed E-state index contributed by atoms with van der Waals surface area (Å²) < 4.78 is 18.0. The van der Waals surface area contributed by atoms with Crippen molar-refractivity contribution in [2.45, 2.75) is 20.1 Å². The van der Waals surface area contributed by atoms with Gasteiger partial charge in [0.25, 0.3) is 11.8 Å². The maximum Gasteiger partial charge on any atom is 0.274 e. The van der Waals surface area contributed by atoms with Crippen LogP contribution in [-0.2, 0) is 20.2 Å². The molecule has 0 radical (unpaired) electrons. The Hall–Kier alpha value is -4.53. The van der Waals surface area contributed by atoms with Crippen LogP contribution in [0.2, 0.25) is 0 Å². The van der Waals surface area contributed by atoms with Crippen molar-refractivity contribution < 1.29 is 23.5 Å². The van der Waals surface area contributed by atoms with E-state index in [4.69, 9.17) is 13.9 Å². The Balaban J connectivity index is 1.38. The lowest BCUT2D eigenvalue weighted by molar-refractivity contribution is 0.0943. The number of nitrogens with one attached hydrogen (secondary N) is 2. The summed E-state index contributed by atoms with van der Waals surface area (Å²) in [6.07, 6.45) is 3.11. The minimum Gasteiger partial charge on any atom is -0.494 e. The normalized spacial score (nSPS) is 10.6. The molecule has 9 heteroatoms. The summed E-state index contributed by atoms with van der Waals surface area (Å²) in [6, 6.07) is 18.0. The molecule has 4 aromatic rings. The number of nitrogens with zero attached hydrogens (tertiary/aromatic N) is 2. The molecule has 35 heavy (non-hydrogen) atoms. The average molecular weight is 475 g/mol. The second kappa shape index (κ2) is 11.1. The Bertz CT molecular complexity index is 1280. The second-order valence-electron chi connectivity index (χ2n) is 7.67. The predicted molar refractivity (Wildman–Crippen MR) is 129 cm³/mol. The fraction of sp³-hybridized carbons (Fsp3) is 0.192. The van der Waals surface area contributed by atoms with Crippen LogP contribution in [0.4, 0.5) is 5.69 Å².